The first-order chi connectivity index (χ1) is 17.6. The summed E-state index contributed by atoms with van der Waals surface area (Å²) in [5.41, 5.74) is 2.22. The molecule has 0 radical (unpaired) electrons. The van der Waals surface area contributed by atoms with Crippen LogP contribution in [0.2, 0.25) is 0 Å². The minimum absolute atomic E-state index is 0.0660. The van der Waals surface area contributed by atoms with Gasteiger partial charge in [0.05, 0.1) is 5.56 Å². The van der Waals surface area contributed by atoms with Crippen molar-refractivity contribution < 1.29 is 14.3 Å². The maximum atomic E-state index is 13.8. The second-order valence-corrected chi connectivity index (χ2v) is 13.9. The zero-order chi connectivity index (χ0) is 26.4. The summed E-state index contributed by atoms with van der Waals surface area (Å²) in [5, 5.41) is 0. The van der Waals surface area contributed by atoms with Gasteiger partial charge in [-0.2, -0.15) is 0 Å². The predicted molar refractivity (Wildman–Crippen MR) is 149 cm³/mol. The largest absolute Gasteiger partial charge is 0.458 e. The normalized spacial score (nSPS) is 37.8. The van der Waals surface area contributed by atoms with Gasteiger partial charge in [-0.05, 0) is 97.2 Å². The molecule has 3 fully saturated rings. The van der Waals surface area contributed by atoms with Crippen LogP contribution in [0.1, 0.15) is 109 Å². The summed E-state index contributed by atoms with van der Waals surface area (Å²) in [6.07, 6.45) is 13.4. The smallest absolute Gasteiger partial charge is 0.338 e. The number of carbonyl (C=O) groups excluding carboxylic acids is 2. The number of carbonyl (C=O) groups is 2. The first-order valence-corrected chi connectivity index (χ1v) is 15.1. The van der Waals surface area contributed by atoms with Crippen molar-refractivity contribution in [2.45, 2.75) is 105 Å². The molecular weight excluding hydrogens is 456 g/mol. The Morgan fingerprint density at radius 2 is 1.73 bits per heavy atom. The van der Waals surface area contributed by atoms with Gasteiger partial charge in [-0.25, -0.2) is 4.79 Å². The molecular formula is C34H48O3. The van der Waals surface area contributed by atoms with Crippen LogP contribution in [0, 0.1) is 46.3 Å². The number of fused-ring (bicyclic) bond motifs is 5. The lowest BCUT2D eigenvalue weighted by atomic mass is 9.46. The Balaban J connectivity index is 1.30. The van der Waals surface area contributed by atoms with Crippen molar-refractivity contribution in [3.05, 3.63) is 47.5 Å². The summed E-state index contributed by atoms with van der Waals surface area (Å²) in [4.78, 5) is 26.5. The molecule has 5 rings (SSSR count). The molecule has 0 bridgehead atoms. The monoisotopic (exact) mass is 504 g/mol. The van der Waals surface area contributed by atoms with Crippen molar-refractivity contribution in [2.75, 3.05) is 0 Å². The molecule has 37 heavy (non-hydrogen) atoms. The Labute approximate surface area is 224 Å². The van der Waals surface area contributed by atoms with Gasteiger partial charge in [0.1, 0.15) is 6.10 Å². The van der Waals surface area contributed by atoms with Gasteiger partial charge >= 0.3 is 5.97 Å². The Kier molecular flexibility index (Phi) is 7.46. The van der Waals surface area contributed by atoms with E-state index in [1.165, 1.54) is 50.5 Å². The first kappa shape index (κ1) is 26.7. The maximum absolute atomic E-state index is 13.8. The molecule has 0 amide bonds. The molecule has 0 aromatic heterocycles. The van der Waals surface area contributed by atoms with E-state index in [0.717, 1.165) is 30.6 Å². The van der Waals surface area contributed by atoms with E-state index in [1.54, 1.807) is 0 Å². The van der Waals surface area contributed by atoms with Gasteiger partial charge in [0.15, 0.2) is 5.78 Å². The van der Waals surface area contributed by atoms with Crippen molar-refractivity contribution in [1.29, 1.82) is 0 Å². The molecule has 202 valence electrons. The van der Waals surface area contributed by atoms with Crippen molar-refractivity contribution in [2.24, 2.45) is 46.3 Å². The third-order valence-electron chi connectivity index (χ3n) is 11.4. The molecule has 8 atom stereocenters. The fraction of sp³-hybridized carbons (Fsp3) is 0.706. The molecule has 0 aliphatic heterocycles. The van der Waals surface area contributed by atoms with Gasteiger partial charge in [0.25, 0.3) is 0 Å². The molecule has 3 saturated carbocycles. The Bertz CT molecular complexity index is 1020. The van der Waals surface area contributed by atoms with E-state index in [2.05, 4.69) is 34.6 Å². The van der Waals surface area contributed by atoms with Crippen LogP contribution in [0.25, 0.3) is 0 Å². The zero-order valence-electron chi connectivity index (χ0n) is 23.8. The highest BCUT2D eigenvalue weighted by Crippen LogP contribution is 2.66. The lowest BCUT2D eigenvalue weighted by Gasteiger charge is -2.57. The van der Waals surface area contributed by atoms with Crippen molar-refractivity contribution in [1.82, 2.24) is 0 Å². The molecule has 3 nitrogen and oxygen atoms in total. The molecule has 1 aromatic carbocycles. The van der Waals surface area contributed by atoms with E-state index < -0.39 is 0 Å². The van der Waals surface area contributed by atoms with E-state index in [9.17, 15) is 9.59 Å². The molecule has 0 unspecified atom stereocenters. The quantitative estimate of drug-likeness (QED) is 0.350. The number of benzene rings is 1. The van der Waals surface area contributed by atoms with Crippen molar-refractivity contribution in [3.8, 4) is 0 Å². The molecule has 0 heterocycles. The van der Waals surface area contributed by atoms with Crippen LogP contribution in [0.5, 0.6) is 0 Å². The summed E-state index contributed by atoms with van der Waals surface area (Å²) in [6, 6.07) is 9.26. The van der Waals surface area contributed by atoms with E-state index in [4.69, 9.17) is 4.74 Å². The van der Waals surface area contributed by atoms with E-state index in [-0.39, 0.29) is 23.4 Å². The molecule has 4 aliphatic carbocycles. The summed E-state index contributed by atoms with van der Waals surface area (Å²) < 4.78 is 5.92. The van der Waals surface area contributed by atoms with Crippen LogP contribution in [0.3, 0.4) is 0 Å². The Hall–Kier alpha value is -1.90. The molecule has 3 heteroatoms. The Morgan fingerprint density at radius 1 is 0.973 bits per heavy atom. The summed E-state index contributed by atoms with van der Waals surface area (Å²) in [5.74, 6) is 3.57. The second-order valence-electron chi connectivity index (χ2n) is 13.9. The van der Waals surface area contributed by atoms with Crippen molar-refractivity contribution >= 4 is 11.8 Å². The lowest BCUT2D eigenvalue weighted by Crippen LogP contribution is -2.53. The van der Waals surface area contributed by atoms with Gasteiger partial charge in [-0.1, -0.05) is 77.7 Å². The number of esters is 1. The summed E-state index contributed by atoms with van der Waals surface area (Å²) in [7, 11) is 0. The highest BCUT2D eigenvalue weighted by atomic mass is 16.5. The summed E-state index contributed by atoms with van der Waals surface area (Å²) >= 11 is 0. The fourth-order valence-electron chi connectivity index (χ4n) is 9.29. The number of allylic oxidation sites excluding steroid dienone is 1. The minimum Gasteiger partial charge on any atom is -0.458 e. The number of hydrogen-bond acceptors (Lipinski definition) is 3. The number of ketones is 1. The molecule has 4 aliphatic rings. The SMILES string of the molecule is CC(C)CCC[C@@H](C)[C@H]1CC[C@H]2[C@@H]3C(=O)C=C4C[C@@H](OC(=O)c5ccccc5)CC[C@]4(C)[C@H]3CC[C@]12C. The third kappa shape index (κ3) is 4.85. The topological polar surface area (TPSA) is 43.4 Å². The van der Waals surface area contributed by atoms with Crippen LogP contribution >= 0.6 is 0 Å². The van der Waals surface area contributed by atoms with E-state index in [1.807, 2.05) is 36.4 Å². The molecule has 1 aromatic rings. The van der Waals surface area contributed by atoms with Gasteiger partial charge in [0.2, 0.25) is 0 Å². The molecule has 0 spiro atoms. The zero-order valence-corrected chi connectivity index (χ0v) is 23.8. The minimum atomic E-state index is -0.247. The average Bonchev–Trinajstić information content (AvgIpc) is 3.22. The van der Waals surface area contributed by atoms with Crippen LogP contribution in [-0.2, 0) is 9.53 Å². The van der Waals surface area contributed by atoms with Crippen molar-refractivity contribution in [3.63, 3.8) is 0 Å². The molecule has 0 N–H and O–H groups in total. The maximum Gasteiger partial charge on any atom is 0.338 e. The van der Waals surface area contributed by atoms with Gasteiger partial charge in [-0.15, -0.1) is 0 Å². The lowest BCUT2D eigenvalue weighted by molar-refractivity contribution is -0.135. The van der Waals surface area contributed by atoms with Crippen LogP contribution in [-0.4, -0.2) is 17.9 Å². The standard InChI is InChI=1S/C34H48O3/c1-22(2)10-9-11-23(3)27-14-15-28-31-29(17-19-34(27,28)5)33(4)18-16-26(20-25(33)21-30(31)35)37-32(36)24-12-7-6-8-13-24/h6-8,12-13,21-23,26-29,31H,9-11,14-20H2,1-5H3/t23-,26+,27-,28+,29+,31+,33+,34-/m1/s1. The second kappa shape index (κ2) is 10.3. The van der Waals surface area contributed by atoms with Crippen LogP contribution < -0.4 is 0 Å². The number of hydrogen-bond donors (Lipinski definition) is 0. The number of ether oxygens (including phenoxy) is 1. The Morgan fingerprint density at radius 3 is 2.46 bits per heavy atom. The third-order valence-corrected chi connectivity index (χ3v) is 11.4. The first-order valence-electron chi connectivity index (χ1n) is 15.1. The van der Waals surface area contributed by atoms with E-state index >= 15 is 0 Å². The number of rotatable bonds is 7. The fourth-order valence-corrected chi connectivity index (χ4v) is 9.29. The van der Waals surface area contributed by atoms with Crippen LogP contribution in [0.4, 0.5) is 0 Å². The predicted octanol–water partition coefficient (Wildman–Crippen LogP) is 8.43. The van der Waals surface area contributed by atoms with Crippen LogP contribution in [0.15, 0.2) is 42.0 Å². The highest BCUT2D eigenvalue weighted by Gasteiger charge is 2.61. The van der Waals surface area contributed by atoms with Gasteiger partial charge in [0, 0.05) is 12.3 Å². The van der Waals surface area contributed by atoms with E-state index in [0.29, 0.717) is 35.0 Å². The highest BCUT2D eigenvalue weighted by molar-refractivity contribution is 5.94. The van der Waals surface area contributed by atoms with Gasteiger partial charge < -0.3 is 4.74 Å². The van der Waals surface area contributed by atoms with Gasteiger partial charge in [-0.3, -0.25) is 4.79 Å². The summed E-state index contributed by atoms with van der Waals surface area (Å²) in [6.45, 7) is 12.1. The average molecular weight is 505 g/mol. The molecule has 0 saturated heterocycles.